The van der Waals surface area contributed by atoms with Gasteiger partial charge in [0.2, 0.25) is 0 Å². The predicted octanol–water partition coefficient (Wildman–Crippen LogP) is 2.33. The number of rotatable bonds is 8. The quantitative estimate of drug-likeness (QED) is 0.711. The molecule has 3 nitrogen and oxygen atoms in total. The molecule has 0 radical (unpaired) electrons. The highest BCUT2D eigenvalue weighted by Gasteiger charge is 2.04. The molecule has 0 amide bonds. The van der Waals surface area contributed by atoms with Crippen LogP contribution in [0, 0.1) is 6.92 Å². The molecule has 16 heavy (non-hydrogen) atoms. The van der Waals surface area contributed by atoms with Crippen molar-refractivity contribution >= 4 is 11.3 Å². The Labute approximate surface area is 102 Å². The summed E-state index contributed by atoms with van der Waals surface area (Å²) in [4.78, 5) is 2.73. The minimum absolute atomic E-state index is 0.718. The molecule has 1 rings (SSSR count). The van der Waals surface area contributed by atoms with E-state index in [9.17, 15) is 0 Å². The Balaban J connectivity index is 2.30. The van der Waals surface area contributed by atoms with E-state index in [0.29, 0.717) is 0 Å². The number of hydrogen-bond acceptors (Lipinski definition) is 4. The van der Waals surface area contributed by atoms with Gasteiger partial charge in [0, 0.05) is 36.6 Å². The largest absolute Gasteiger partial charge is 0.385 e. The van der Waals surface area contributed by atoms with E-state index in [2.05, 4.69) is 18.3 Å². The highest BCUT2D eigenvalue weighted by Crippen LogP contribution is 2.22. The summed E-state index contributed by atoms with van der Waals surface area (Å²) in [5.74, 6) is 0. The summed E-state index contributed by atoms with van der Waals surface area (Å²) in [5, 5.41) is 3.16. The molecule has 0 aliphatic rings. The minimum atomic E-state index is 0.718. The van der Waals surface area contributed by atoms with Crippen LogP contribution in [0.3, 0.4) is 0 Å². The molecule has 0 saturated carbocycles. The van der Waals surface area contributed by atoms with Crippen molar-refractivity contribution in [2.45, 2.75) is 26.5 Å². The van der Waals surface area contributed by atoms with Gasteiger partial charge in [0.05, 0.1) is 6.61 Å². The van der Waals surface area contributed by atoms with Gasteiger partial charge in [-0.1, -0.05) is 0 Å². The minimum Gasteiger partial charge on any atom is -0.385 e. The summed E-state index contributed by atoms with van der Waals surface area (Å²) < 4.78 is 10.6. The zero-order valence-electron chi connectivity index (χ0n) is 10.3. The van der Waals surface area contributed by atoms with Crippen LogP contribution in [0.4, 0.5) is 0 Å². The standard InChI is InChI=1S/C12H21NO2S/c1-10-11(7-12(16-10)8-13-2)9-15-6-4-5-14-3/h7,13H,4-6,8-9H2,1-3H3. The molecule has 0 aliphatic heterocycles. The molecule has 0 atom stereocenters. The molecule has 0 fully saturated rings. The molecule has 0 saturated heterocycles. The maximum absolute atomic E-state index is 5.60. The van der Waals surface area contributed by atoms with E-state index in [-0.39, 0.29) is 0 Å². The highest BCUT2D eigenvalue weighted by molar-refractivity contribution is 7.12. The van der Waals surface area contributed by atoms with Gasteiger partial charge < -0.3 is 14.8 Å². The zero-order valence-corrected chi connectivity index (χ0v) is 11.2. The average Bonchev–Trinajstić information content (AvgIpc) is 2.60. The fraction of sp³-hybridized carbons (Fsp3) is 0.667. The van der Waals surface area contributed by atoms with Crippen molar-refractivity contribution in [1.29, 1.82) is 0 Å². The van der Waals surface area contributed by atoms with Gasteiger partial charge in [-0.15, -0.1) is 11.3 Å². The first kappa shape index (κ1) is 13.6. The first-order chi connectivity index (χ1) is 7.77. The van der Waals surface area contributed by atoms with Crippen LogP contribution in [-0.2, 0) is 22.6 Å². The van der Waals surface area contributed by atoms with Gasteiger partial charge in [0.25, 0.3) is 0 Å². The summed E-state index contributed by atoms with van der Waals surface area (Å²) in [6.07, 6.45) is 0.961. The van der Waals surface area contributed by atoms with Crippen LogP contribution in [0.15, 0.2) is 6.07 Å². The van der Waals surface area contributed by atoms with E-state index < -0.39 is 0 Å². The summed E-state index contributed by atoms with van der Waals surface area (Å²) >= 11 is 1.84. The summed E-state index contributed by atoms with van der Waals surface area (Å²) in [7, 11) is 3.68. The van der Waals surface area contributed by atoms with E-state index in [1.54, 1.807) is 7.11 Å². The van der Waals surface area contributed by atoms with Gasteiger partial charge in [-0.2, -0.15) is 0 Å². The fourth-order valence-corrected chi connectivity index (χ4v) is 2.54. The molecule has 1 heterocycles. The molecule has 4 heteroatoms. The summed E-state index contributed by atoms with van der Waals surface area (Å²) in [5.41, 5.74) is 1.31. The van der Waals surface area contributed by atoms with Crippen molar-refractivity contribution in [3.63, 3.8) is 0 Å². The molecule has 0 unspecified atom stereocenters. The second-order valence-electron chi connectivity index (χ2n) is 3.72. The average molecular weight is 243 g/mol. The van der Waals surface area contributed by atoms with Gasteiger partial charge in [-0.05, 0) is 32.0 Å². The highest BCUT2D eigenvalue weighted by atomic mass is 32.1. The molecule has 0 spiro atoms. The Hall–Kier alpha value is -0.420. The summed E-state index contributed by atoms with van der Waals surface area (Å²) in [6, 6.07) is 2.23. The van der Waals surface area contributed by atoms with E-state index in [0.717, 1.165) is 32.8 Å². The molecule has 1 aromatic rings. The number of aryl methyl sites for hydroxylation is 1. The van der Waals surface area contributed by atoms with E-state index in [1.807, 2.05) is 18.4 Å². The van der Waals surface area contributed by atoms with Crippen LogP contribution in [0.1, 0.15) is 21.7 Å². The Morgan fingerprint density at radius 1 is 1.38 bits per heavy atom. The molecule has 1 aromatic heterocycles. The third-order valence-corrected chi connectivity index (χ3v) is 3.41. The maximum atomic E-state index is 5.60. The Morgan fingerprint density at radius 3 is 2.88 bits per heavy atom. The lowest BCUT2D eigenvalue weighted by Gasteiger charge is -2.03. The fourth-order valence-electron chi connectivity index (χ4n) is 1.48. The van der Waals surface area contributed by atoms with Gasteiger partial charge in [0.1, 0.15) is 0 Å². The van der Waals surface area contributed by atoms with Gasteiger partial charge in [-0.25, -0.2) is 0 Å². The van der Waals surface area contributed by atoms with E-state index in [4.69, 9.17) is 9.47 Å². The van der Waals surface area contributed by atoms with Crippen LogP contribution in [0.5, 0.6) is 0 Å². The smallest absolute Gasteiger partial charge is 0.0727 e. The number of ether oxygens (including phenoxy) is 2. The molecule has 1 N–H and O–H groups in total. The van der Waals surface area contributed by atoms with Crippen molar-refractivity contribution in [2.24, 2.45) is 0 Å². The number of thiophene rings is 1. The Morgan fingerprint density at radius 2 is 2.19 bits per heavy atom. The molecule has 92 valence electrons. The summed E-state index contributed by atoms with van der Waals surface area (Å²) in [6.45, 7) is 5.35. The van der Waals surface area contributed by atoms with E-state index >= 15 is 0 Å². The van der Waals surface area contributed by atoms with Crippen LogP contribution in [0.25, 0.3) is 0 Å². The topological polar surface area (TPSA) is 30.5 Å². The molecule has 0 bridgehead atoms. The zero-order chi connectivity index (χ0) is 11.8. The SMILES string of the molecule is CNCc1cc(COCCCOC)c(C)s1. The van der Waals surface area contributed by atoms with Crippen LogP contribution < -0.4 is 5.32 Å². The number of nitrogens with one attached hydrogen (secondary N) is 1. The second kappa shape index (κ2) is 7.79. The maximum Gasteiger partial charge on any atom is 0.0727 e. The lowest BCUT2D eigenvalue weighted by atomic mass is 10.2. The van der Waals surface area contributed by atoms with Crippen molar-refractivity contribution in [3.05, 3.63) is 21.4 Å². The molecular weight excluding hydrogens is 222 g/mol. The van der Waals surface area contributed by atoms with Gasteiger partial charge in [0.15, 0.2) is 0 Å². The lowest BCUT2D eigenvalue weighted by molar-refractivity contribution is 0.0928. The first-order valence-electron chi connectivity index (χ1n) is 5.57. The Kier molecular flexibility index (Phi) is 6.64. The van der Waals surface area contributed by atoms with Crippen molar-refractivity contribution in [3.8, 4) is 0 Å². The molecule has 0 aromatic carbocycles. The molecular formula is C12H21NO2S. The Bertz CT molecular complexity index is 299. The van der Waals surface area contributed by atoms with Crippen LogP contribution in [0.2, 0.25) is 0 Å². The molecule has 0 aliphatic carbocycles. The first-order valence-corrected chi connectivity index (χ1v) is 6.39. The van der Waals surface area contributed by atoms with Crippen molar-refractivity contribution in [2.75, 3.05) is 27.4 Å². The monoisotopic (exact) mass is 243 g/mol. The number of hydrogen-bond donors (Lipinski definition) is 1. The van der Waals surface area contributed by atoms with Gasteiger partial charge in [-0.3, -0.25) is 0 Å². The van der Waals surface area contributed by atoms with Crippen LogP contribution in [-0.4, -0.2) is 27.4 Å². The predicted molar refractivity (Wildman–Crippen MR) is 68.0 cm³/mol. The normalized spacial score (nSPS) is 10.9. The van der Waals surface area contributed by atoms with Crippen molar-refractivity contribution in [1.82, 2.24) is 5.32 Å². The second-order valence-corrected chi connectivity index (χ2v) is 5.06. The lowest BCUT2D eigenvalue weighted by Crippen LogP contribution is -2.03. The van der Waals surface area contributed by atoms with Crippen LogP contribution >= 0.6 is 11.3 Å². The number of methoxy groups -OCH3 is 1. The third-order valence-electron chi connectivity index (χ3n) is 2.32. The van der Waals surface area contributed by atoms with Gasteiger partial charge >= 0.3 is 0 Å². The van der Waals surface area contributed by atoms with E-state index in [1.165, 1.54) is 15.3 Å². The third kappa shape index (κ3) is 4.61. The van der Waals surface area contributed by atoms with Crippen molar-refractivity contribution < 1.29 is 9.47 Å².